The summed E-state index contributed by atoms with van der Waals surface area (Å²) in [7, 11) is 2.09. The third-order valence-corrected chi connectivity index (χ3v) is 2.61. The van der Waals surface area contributed by atoms with E-state index in [4.69, 9.17) is 5.73 Å². The smallest absolute Gasteiger partial charge is 0.222 e. The van der Waals surface area contributed by atoms with E-state index in [0.717, 1.165) is 25.9 Å². The molecule has 0 saturated carbocycles. The molecule has 1 aliphatic rings. The highest BCUT2D eigenvalue weighted by atomic mass is 16.1. The summed E-state index contributed by atoms with van der Waals surface area (Å²) < 4.78 is 0. The van der Waals surface area contributed by atoms with Crippen molar-refractivity contribution in [2.45, 2.75) is 44.7 Å². The van der Waals surface area contributed by atoms with Crippen LogP contribution in [-0.4, -0.2) is 42.5 Å². The summed E-state index contributed by atoms with van der Waals surface area (Å²) in [6.45, 7) is 5.84. The number of nitrogens with two attached hydrogens (primary N) is 1. The predicted molar refractivity (Wildman–Crippen MR) is 61.5 cm³/mol. The summed E-state index contributed by atoms with van der Waals surface area (Å²) in [6.07, 6.45) is 2.64. The number of likely N-dealkylation sites (N-methyl/N-ethyl adjacent to an activating group) is 1. The van der Waals surface area contributed by atoms with Gasteiger partial charge in [-0.15, -0.1) is 0 Å². The number of likely N-dealkylation sites (tertiary alicyclic amines) is 1. The molecule has 0 bridgehead atoms. The maximum absolute atomic E-state index is 11.6. The molecule has 1 amide bonds. The molecular formula is C11H23N3O. The van der Waals surface area contributed by atoms with Crippen molar-refractivity contribution >= 4 is 5.91 Å². The number of carbonyl (C=O) groups excluding carboxylic acids is 1. The van der Waals surface area contributed by atoms with Crippen molar-refractivity contribution in [1.82, 2.24) is 10.2 Å². The van der Waals surface area contributed by atoms with Crippen LogP contribution in [0.15, 0.2) is 0 Å². The molecule has 1 atom stereocenters. The van der Waals surface area contributed by atoms with Gasteiger partial charge in [0.15, 0.2) is 0 Å². The first-order valence-electron chi connectivity index (χ1n) is 5.63. The van der Waals surface area contributed by atoms with Crippen LogP contribution in [0.1, 0.15) is 33.1 Å². The maximum Gasteiger partial charge on any atom is 0.222 e. The standard InChI is InChI=1S/C11H23N3O/c1-11(2,12)7-10(15)13-9-5-4-6-14(3)8-9/h9H,4-8,12H2,1-3H3,(H,13,15). The molecule has 88 valence electrons. The minimum absolute atomic E-state index is 0.0720. The Kier molecular flexibility index (Phi) is 4.11. The Morgan fingerprint density at radius 1 is 1.60 bits per heavy atom. The fourth-order valence-corrected chi connectivity index (χ4v) is 1.98. The van der Waals surface area contributed by atoms with Gasteiger partial charge in [-0.1, -0.05) is 0 Å². The van der Waals surface area contributed by atoms with Crippen molar-refractivity contribution in [2.24, 2.45) is 5.73 Å². The zero-order valence-corrected chi connectivity index (χ0v) is 10.0. The summed E-state index contributed by atoms with van der Waals surface area (Å²) in [4.78, 5) is 13.9. The summed E-state index contributed by atoms with van der Waals surface area (Å²) in [6, 6.07) is 0.304. The lowest BCUT2D eigenvalue weighted by molar-refractivity contribution is -0.123. The van der Waals surface area contributed by atoms with Gasteiger partial charge in [-0.3, -0.25) is 4.79 Å². The number of carbonyl (C=O) groups is 1. The second-order valence-electron chi connectivity index (χ2n) is 5.33. The third-order valence-electron chi connectivity index (χ3n) is 2.61. The van der Waals surface area contributed by atoms with E-state index >= 15 is 0 Å². The lowest BCUT2D eigenvalue weighted by Crippen LogP contribution is -2.48. The average Bonchev–Trinajstić information content (AvgIpc) is 1.99. The number of nitrogens with one attached hydrogen (secondary N) is 1. The molecule has 1 saturated heterocycles. The Morgan fingerprint density at radius 3 is 2.80 bits per heavy atom. The molecule has 1 heterocycles. The molecule has 1 unspecified atom stereocenters. The van der Waals surface area contributed by atoms with E-state index in [9.17, 15) is 4.79 Å². The molecule has 1 aliphatic heterocycles. The minimum atomic E-state index is -0.412. The molecule has 0 spiro atoms. The van der Waals surface area contributed by atoms with E-state index in [0.29, 0.717) is 12.5 Å². The molecule has 1 fully saturated rings. The second kappa shape index (κ2) is 4.94. The van der Waals surface area contributed by atoms with Gasteiger partial charge in [0.2, 0.25) is 5.91 Å². The van der Waals surface area contributed by atoms with Crippen molar-refractivity contribution in [2.75, 3.05) is 20.1 Å². The number of rotatable bonds is 3. The predicted octanol–water partition coefficient (Wildman–Crippen LogP) is 0.324. The fourth-order valence-electron chi connectivity index (χ4n) is 1.98. The molecular weight excluding hydrogens is 190 g/mol. The molecule has 15 heavy (non-hydrogen) atoms. The molecule has 1 rings (SSSR count). The molecule has 0 aromatic rings. The molecule has 0 aromatic heterocycles. The van der Waals surface area contributed by atoms with E-state index in [1.165, 1.54) is 0 Å². The van der Waals surface area contributed by atoms with Gasteiger partial charge in [0.1, 0.15) is 0 Å². The zero-order valence-electron chi connectivity index (χ0n) is 10.0. The Bertz CT molecular complexity index is 222. The molecule has 4 nitrogen and oxygen atoms in total. The molecule has 0 aliphatic carbocycles. The highest BCUT2D eigenvalue weighted by molar-refractivity contribution is 5.77. The van der Waals surface area contributed by atoms with Gasteiger partial charge >= 0.3 is 0 Å². The number of hydrogen-bond acceptors (Lipinski definition) is 3. The van der Waals surface area contributed by atoms with Crippen LogP contribution in [0.3, 0.4) is 0 Å². The van der Waals surface area contributed by atoms with Crippen LogP contribution in [-0.2, 0) is 4.79 Å². The summed E-state index contributed by atoms with van der Waals surface area (Å²) >= 11 is 0. The number of amides is 1. The van der Waals surface area contributed by atoms with E-state index in [-0.39, 0.29) is 5.91 Å². The van der Waals surface area contributed by atoms with E-state index < -0.39 is 5.54 Å². The highest BCUT2D eigenvalue weighted by Gasteiger charge is 2.21. The molecule has 0 aromatic carbocycles. The van der Waals surface area contributed by atoms with Gasteiger partial charge < -0.3 is 16.0 Å². The van der Waals surface area contributed by atoms with Crippen molar-refractivity contribution in [3.8, 4) is 0 Å². The minimum Gasteiger partial charge on any atom is -0.352 e. The van der Waals surface area contributed by atoms with E-state index in [1.54, 1.807) is 0 Å². The van der Waals surface area contributed by atoms with Crippen molar-refractivity contribution < 1.29 is 4.79 Å². The second-order valence-corrected chi connectivity index (χ2v) is 5.33. The first-order valence-corrected chi connectivity index (χ1v) is 5.63. The lowest BCUT2D eigenvalue weighted by atomic mass is 10.0. The van der Waals surface area contributed by atoms with E-state index in [2.05, 4.69) is 17.3 Å². The van der Waals surface area contributed by atoms with Crippen LogP contribution in [0.2, 0.25) is 0 Å². The van der Waals surface area contributed by atoms with Crippen LogP contribution in [0.5, 0.6) is 0 Å². The summed E-state index contributed by atoms with van der Waals surface area (Å²) in [5.41, 5.74) is 5.39. The number of nitrogens with zero attached hydrogens (tertiary/aromatic N) is 1. The van der Waals surface area contributed by atoms with Crippen LogP contribution in [0.25, 0.3) is 0 Å². The lowest BCUT2D eigenvalue weighted by Gasteiger charge is -2.31. The van der Waals surface area contributed by atoms with Gasteiger partial charge in [-0.05, 0) is 40.3 Å². The monoisotopic (exact) mass is 213 g/mol. The number of piperidine rings is 1. The summed E-state index contributed by atoms with van der Waals surface area (Å²) in [5, 5.41) is 3.05. The van der Waals surface area contributed by atoms with Crippen LogP contribution in [0, 0.1) is 0 Å². The van der Waals surface area contributed by atoms with Gasteiger partial charge in [0.25, 0.3) is 0 Å². The maximum atomic E-state index is 11.6. The van der Waals surface area contributed by atoms with E-state index in [1.807, 2.05) is 13.8 Å². The average molecular weight is 213 g/mol. The zero-order chi connectivity index (χ0) is 11.5. The Balaban J connectivity index is 2.31. The van der Waals surface area contributed by atoms with Crippen molar-refractivity contribution in [3.63, 3.8) is 0 Å². The largest absolute Gasteiger partial charge is 0.352 e. The molecule has 3 N–H and O–H groups in total. The normalized spacial score (nSPS) is 23.9. The molecule has 4 heteroatoms. The van der Waals surface area contributed by atoms with Crippen LogP contribution < -0.4 is 11.1 Å². The van der Waals surface area contributed by atoms with Crippen molar-refractivity contribution in [3.05, 3.63) is 0 Å². The highest BCUT2D eigenvalue weighted by Crippen LogP contribution is 2.09. The SMILES string of the molecule is CN1CCCC(NC(=O)CC(C)(C)N)C1. The third kappa shape index (κ3) is 5.14. The van der Waals surface area contributed by atoms with Crippen LogP contribution in [0.4, 0.5) is 0 Å². The van der Waals surface area contributed by atoms with Gasteiger partial charge in [-0.25, -0.2) is 0 Å². The topological polar surface area (TPSA) is 58.4 Å². The van der Waals surface area contributed by atoms with Gasteiger partial charge in [-0.2, -0.15) is 0 Å². The molecule has 0 radical (unpaired) electrons. The fraction of sp³-hybridized carbons (Fsp3) is 0.909. The quantitative estimate of drug-likeness (QED) is 0.710. The van der Waals surface area contributed by atoms with Gasteiger partial charge in [0, 0.05) is 24.5 Å². The Labute approximate surface area is 92.2 Å². The Hall–Kier alpha value is -0.610. The van der Waals surface area contributed by atoms with Crippen LogP contribution >= 0.6 is 0 Å². The summed E-state index contributed by atoms with van der Waals surface area (Å²) in [5.74, 6) is 0.0720. The first-order chi connectivity index (χ1) is 6.87. The number of hydrogen-bond donors (Lipinski definition) is 2. The Morgan fingerprint density at radius 2 is 2.27 bits per heavy atom. The van der Waals surface area contributed by atoms with Crippen molar-refractivity contribution in [1.29, 1.82) is 0 Å². The first kappa shape index (κ1) is 12.5. The van der Waals surface area contributed by atoms with Gasteiger partial charge in [0.05, 0.1) is 0 Å².